The van der Waals surface area contributed by atoms with Crippen LogP contribution in [0.3, 0.4) is 0 Å². The van der Waals surface area contributed by atoms with Gasteiger partial charge >= 0.3 is 0 Å². The van der Waals surface area contributed by atoms with Crippen LogP contribution in [-0.2, 0) is 0 Å². The summed E-state index contributed by atoms with van der Waals surface area (Å²) >= 11 is 0. The molecule has 0 saturated heterocycles. The minimum absolute atomic E-state index is 0.0976. The molecule has 0 aliphatic heterocycles. The highest BCUT2D eigenvalue weighted by atomic mass is 19.1. The maximum absolute atomic E-state index is 13.5. The quantitative estimate of drug-likeness (QED) is 0.709. The number of fused-ring (bicyclic) bond motifs is 1. The number of aromatic hydroxyl groups is 2. The molecule has 0 atom stereocenters. The Morgan fingerprint density at radius 1 is 0.905 bits per heavy atom. The van der Waals surface area contributed by atoms with Crippen LogP contribution in [-0.4, -0.2) is 10.2 Å². The molecule has 0 aromatic heterocycles. The highest BCUT2D eigenvalue weighted by molar-refractivity contribution is 5.93. The predicted octanol–water partition coefficient (Wildman–Crippen LogP) is 3.93. The van der Waals surface area contributed by atoms with E-state index in [9.17, 15) is 19.9 Å². The second kappa shape index (κ2) is 4.80. The van der Waals surface area contributed by atoms with Gasteiger partial charge in [0.1, 0.15) is 5.75 Å². The molecule has 21 heavy (non-hydrogen) atoms. The molecule has 0 aliphatic carbocycles. The first-order valence-corrected chi connectivity index (χ1v) is 6.24. The molecule has 2 N–H and O–H groups in total. The first kappa shape index (κ1) is 12.9. The van der Waals surface area contributed by atoms with Gasteiger partial charge in [0, 0.05) is 0 Å². The van der Waals surface area contributed by atoms with Gasteiger partial charge in [0.2, 0.25) is 0 Å². The molecule has 3 rings (SSSR count). The Kier molecular flexibility index (Phi) is 2.96. The van der Waals surface area contributed by atoms with E-state index < -0.39 is 11.6 Å². The van der Waals surface area contributed by atoms with Crippen LogP contribution >= 0.6 is 0 Å². The van der Waals surface area contributed by atoms with Crippen LogP contribution in [0.5, 0.6) is 11.5 Å². The van der Waals surface area contributed by atoms with E-state index in [4.69, 9.17) is 0 Å². The monoisotopic (exact) mass is 279 g/mol. The van der Waals surface area contributed by atoms with Crippen molar-refractivity contribution in [2.75, 3.05) is 0 Å². The van der Waals surface area contributed by atoms with Crippen LogP contribution in [0.2, 0.25) is 0 Å². The van der Waals surface area contributed by atoms with E-state index in [1.165, 1.54) is 18.2 Å². The minimum atomic E-state index is -0.720. The highest BCUT2D eigenvalue weighted by Gasteiger charge is 2.08. The van der Waals surface area contributed by atoms with E-state index in [1.807, 2.05) is 0 Å². The number of phenols is 2. The lowest BCUT2D eigenvalue weighted by Gasteiger charge is -2.07. The van der Waals surface area contributed by atoms with Crippen molar-refractivity contribution in [3.05, 3.63) is 59.9 Å². The van der Waals surface area contributed by atoms with Gasteiger partial charge in [0.25, 0.3) is 0 Å². The Morgan fingerprint density at radius 3 is 2.43 bits per heavy atom. The normalized spacial score (nSPS) is 10.5. The molecule has 0 unspecified atom stereocenters. The minimum Gasteiger partial charge on any atom is -0.508 e. The zero-order valence-corrected chi connectivity index (χ0v) is 10.8. The van der Waals surface area contributed by atoms with Crippen LogP contribution in [0.4, 0.5) is 4.39 Å². The number of phenolic OH excluding ortho intramolecular Hbond substituents is 2. The molecule has 0 aliphatic rings. The molecule has 3 aromatic rings. The number of hydrogen-bond donors (Lipinski definition) is 2. The zero-order chi connectivity index (χ0) is 15.0. The zero-order valence-electron chi connectivity index (χ0n) is 10.8. The average Bonchev–Trinajstić information content (AvgIpc) is 2.48. The fourth-order valence-corrected chi connectivity index (χ4v) is 2.30. The van der Waals surface area contributed by atoms with E-state index in [-0.39, 0.29) is 5.75 Å². The van der Waals surface area contributed by atoms with Crippen molar-refractivity contribution in [1.82, 2.24) is 0 Å². The summed E-state index contributed by atoms with van der Waals surface area (Å²) in [6, 6.07) is 14.3. The van der Waals surface area contributed by atoms with E-state index in [0.717, 1.165) is 5.39 Å². The van der Waals surface area contributed by atoms with Gasteiger partial charge < -0.3 is 10.2 Å². The van der Waals surface area contributed by atoms with Gasteiger partial charge in [-0.25, -0.2) is 4.39 Å². The summed E-state index contributed by atoms with van der Waals surface area (Å²) < 4.78 is 13.5. The van der Waals surface area contributed by atoms with Gasteiger partial charge in [-0.3, -0.25) is 0 Å². The summed E-state index contributed by atoms with van der Waals surface area (Å²) in [5, 5.41) is 29.5. The van der Waals surface area contributed by atoms with Crippen molar-refractivity contribution in [3.63, 3.8) is 0 Å². The van der Waals surface area contributed by atoms with Crippen molar-refractivity contribution >= 4 is 10.8 Å². The standard InChI is InChI=1S/C17H10FNO2/c18-16-8-10(1-4-17(16)21)11-5-12-7-14(20)2-3-15(12)13(6-11)9-19/h1-8,20-21H. The lowest BCUT2D eigenvalue weighted by molar-refractivity contribution is 0.432. The Bertz CT molecular complexity index is 897. The average molecular weight is 279 g/mol. The van der Waals surface area contributed by atoms with Crippen LogP contribution in [0, 0.1) is 17.1 Å². The molecule has 0 heterocycles. The maximum atomic E-state index is 13.5. The maximum Gasteiger partial charge on any atom is 0.165 e. The van der Waals surface area contributed by atoms with Crippen molar-refractivity contribution in [2.45, 2.75) is 0 Å². The molecule has 0 radical (unpaired) electrons. The predicted molar refractivity (Wildman–Crippen MR) is 77.4 cm³/mol. The summed E-state index contributed by atoms with van der Waals surface area (Å²) in [5.41, 5.74) is 1.63. The molecular weight excluding hydrogens is 269 g/mol. The number of rotatable bonds is 1. The first-order chi connectivity index (χ1) is 10.1. The SMILES string of the molecule is N#Cc1cc(-c2ccc(O)c(F)c2)cc2cc(O)ccc12. The van der Waals surface area contributed by atoms with E-state index in [2.05, 4.69) is 6.07 Å². The lowest BCUT2D eigenvalue weighted by atomic mass is 9.97. The smallest absolute Gasteiger partial charge is 0.165 e. The fourth-order valence-electron chi connectivity index (χ4n) is 2.30. The van der Waals surface area contributed by atoms with Gasteiger partial charge in [-0.15, -0.1) is 0 Å². The van der Waals surface area contributed by atoms with Crippen LogP contribution < -0.4 is 0 Å². The Balaban J connectivity index is 2.28. The molecule has 0 bridgehead atoms. The van der Waals surface area contributed by atoms with Gasteiger partial charge in [-0.05, 0) is 64.4 Å². The number of nitrogens with zero attached hydrogens (tertiary/aromatic N) is 1. The van der Waals surface area contributed by atoms with Gasteiger partial charge in [-0.2, -0.15) is 5.26 Å². The Morgan fingerprint density at radius 2 is 1.71 bits per heavy atom. The van der Waals surface area contributed by atoms with Crippen molar-refractivity contribution < 1.29 is 14.6 Å². The third-order valence-corrected chi connectivity index (χ3v) is 3.34. The molecule has 0 fully saturated rings. The van der Waals surface area contributed by atoms with E-state index in [1.54, 1.807) is 30.3 Å². The van der Waals surface area contributed by atoms with Gasteiger partial charge in [-0.1, -0.05) is 6.07 Å². The highest BCUT2D eigenvalue weighted by Crippen LogP contribution is 2.31. The Labute approximate surface area is 120 Å². The number of hydrogen-bond acceptors (Lipinski definition) is 3. The third kappa shape index (κ3) is 2.26. The molecule has 3 aromatic carbocycles. The molecular formula is C17H10FNO2. The molecule has 102 valence electrons. The number of halogens is 1. The van der Waals surface area contributed by atoms with Gasteiger partial charge in [0.15, 0.2) is 11.6 Å². The second-order valence-corrected chi connectivity index (χ2v) is 4.71. The molecule has 0 spiro atoms. The summed E-state index contributed by atoms with van der Waals surface area (Å²) in [5.74, 6) is -1.04. The molecule has 0 saturated carbocycles. The molecule has 3 nitrogen and oxygen atoms in total. The first-order valence-electron chi connectivity index (χ1n) is 6.24. The van der Waals surface area contributed by atoms with E-state index in [0.29, 0.717) is 22.1 Å². The van der Waals surface area contributed by atoms with Gasteiger partial charge in [0.05, 0.1) is 11.6 Å². The molecule has 4 heteroatoms. The summed E-state index contributed by atoms with van der Waals surface area (Å²) in [6.45, 7) is 0. The van der Waals surface area contributed by atoms with Crippen molar-refractivity contribution in [3.8, 4) is 28.7 Å². The van der Waals surface area contributed by atoms with Crippen molar-refractivity contribution in [2.24, 2.45) is 0 Å². The third-order valence-electron chi connectivity index (χ3n) is 3.34. The number of benzene rings is 3. The van der Waals surface area contributed by atoms with Crippen molar-refractivity contribution in [1.29, 1.82) is 5.26 Å². The second-order valence-electron chi connectivity index (χ2n) is 4.71. The summed E-state index contributed by atoms with van der Waals surface area (Å²) in [7, 11) is 0. The van der Waals surface area contributed by atoms with E-state index >= 15 is 0 Å². The summed E-state index contributed by atoms with van der Waals surface area (Å²) in [6.07, 6.45) is 0. The molecule has 0 amide bonds. The summed E-state index contributed by atoms with van der Waals surface area (Å²) in [4.78, 5) is 0. The lowest BCUT2D eigenvalue weighted by Crippen LogP contribution is -1.86. The van der Waals surface area contributed by atoms with Crippen LogP contribution in [0.25, 0.3) is 21.9 Å². The number of nitriles is 1. The fraction of sp³-hybridized carbons (Fsp3) is 0. The van der Waals surface area contributed by atoms with Crippen LogP contribution in [0.1, 0.15) is 5.56 Å². The Hall–Kier alpha value is -3.06. The van der Waals surface area contributed by atoms with Crippen LogP contribution in [0.15, 0.2) is 48.5 Å². The largest absolute Gasteiger partial charge is 0.508 e. The topological polar surface area (TPSA) is 64.2 Å².